The molecular weight excluding hydrogens is 284 g/mol. The van der Waals surface area contributed by atoms with Crippen LogP contribution < -0.4 is 5.56 Å². The van der Waals surface area contributed by atoms with Crippen molar-refractivity contribution in [2.75, 3.05) is 0 Å². The van der Waals surface area contributed by atoms with Gasteiger partial charge in [0.1, 0.15) is 5.82 Å². The molecule has 0 aliphatic rings. The molecule has 0 N–H and O–H groups in total. The maximum atomic E-state index is 13.1. The van der Waals surface area contributed by atoms with Gasteiger partial charge in [-0.25, -0.2) is 4.98 Å². The quantitative estimate of drug-likeness (QED) is 0.722. The molecule has 0 aliphatic heterocycles. The normalized spacial score (nSPS) is 13.0. The molecule has 0 saturated carbocycles. The van der Waals surface area contributed by atoms with Crippen molar-refractivity contribution in [3.63, 3.8) is 0 Å². The summed E-state index contributed by atoms with van der Waals surface area (Å²) in [5.41, 5.74) is 0.922. The van der Waals surface area contributed by atoms with E-state index in [0.717, 1.165) is 11.4 Å². The Labute approximate surface area is 131 Å². The largest absolute Gasteiger partial charge is 0.290 e. The van der Waals surface area contributed by atoms with Crippen molar-refractivity contribution in [1.29, 1.82) is 0 Å². The van der Waals surface area contributed by atoms with E-state index in [9.17, 15) is 4.79 Å². The van der Waals surface area contributed by atoms with Crippen molar-refractivity contribution >= 4 is 22.5 Å². The second-order valence-electron chi connectivity index (χ2n) is 7.59. The summed E-state index contributed by atoms with van der Waals surface area (Å²) in [5, 5.41) is 1.02. The van der Waals surface area contributed by atoms with Crippen LogP contribution in [0, 0.1) is 6.92 Å². The molecule has 3 nitrogen and oxygen atoms in total. The first kappa shape index (κ1) is 16.0. The highest BCUT2D eigenvalue weighted by Gasteiger charge is 2.29. The minimum Gasteiger partial charge on any atom is -0.290 e. The number of fused-ring (bicyclic) bond motifs is 1. The van der Waals surface area contributed by atoms with Gasteiger partial charge in [-0.3, -0.25) is 9.36 Å². The van der Waals surface area contributed by atoms with Crippen LogP contribution in [0.15, 0.2) is 16.9 Å². The van der Waals surface area contributed by atoms with Crippen LogP contribution in [-0.2, 0) is 11.0 Å². The molecule has 0 saturated heterocycles. The minimum atomic E-state index is -0.353. The topological polar surface area (TPSA) is 34.9 Å². The summed E-state index contributed by atoms with van der Waals surface area (Å²) in [6.45, 7) is 14.2. The van der Waals surface area contributed by atoms with Crippen molar-refractivity contribution in [2.45, 2.75) is 59.4 Å². The molecule has 21 heavy (non-hydrogen) atoms. The molecule has 0 radical (unpaired) electrons. The van der Waals surface area contributed by atoms with Gasteiger partial charge in [-0.15, -0.1) is 0 Å². The molecule has 114 valence electrons. The predicted molar refractivity (Wildman–Crippen MR) is 89.4 cm³/mol. The maximum Gasteiger partial charge on any atom is 0.263 e. The Hall–Kier alpha value is -1.35. The molecule has 2 rings (SSSR count). The van der Waals surface area contributed by atoms with Crippen LogP contribution in [0.1, 0.15) is 52.9 Å². The summed E-state index contributed by atoms with van der Waals surface area (Å²) in [6.07, 6.45) is 0. The Morgan fingerprint density at radius 2 is 1.67 bits per heavy atom. The molecule has 1 aromatic carbocycles. The zero-order valence-corrected chi connectivity index (χ0v) is 14.6. The number of halogens is 1. The maximum absolute atomic E-state index is 13.1. The fraction of sp³-hybridized carbons (Fsp3) is 0.529. The van der Waals surface area contributed by atoms with E-state index in [1.807, 2.05) is 39.8 Å². The zero-order valence-electron chi connectivity index (χ0n) is 13.8. The lowest BCUT2D eigenvalue weighted by Crippen LogP contribution is -2.40. The highest BCUT2D eigenvalue weighted by Crippen LogP contribution is 2.29. The van der Waals surface area contributed by atoms with E-state index in [1.54, 1.807) is 4.57 Å². The van der Waals surface area contributed by atoms with Crippen LogP contribution in [0.25, 0.3) is 10.9 Å². The Bertz CT molecular complexity index is 761. The van der Waals surface area contributed by atoms with Crippen LogP contribution in [-0.4, -0.2) is 9.55 Å². The molecule has 2 aromatic rings. The van der Waals surface area contributed by atoms with Crippen LogP contribution in [0.4, 0.5) is 0 Å². The van der Waals surface area contributed by atoms with Crippen molar-refractivity contribution in [2.24, 2.45) is 0 Å². The lowest BCUT2D eigenvalue weighted by atomic mass is 9.93. The third-order valence-corrected chi connectivity index (χ3v) is 4.00. The highest BCUT2D eigenvalue weighted by atomic mass is 35.5. The van der Waals surface area contributed by atoms with E-state index < -0.39 is 0 Å². The number of aryl methyl sites for hydroxylation is 1. The molecule has 0 aliphatic carbocycles. The Morgan fingerprint density at radius 3 is 2.14 bits per heavy atom. The molecule has 0 unspecified atom stereocenters. The number of benzene rings is 1. The van der Waals surface area contributed by atoms with Gasteiger partial charge in [-0.1, -0.05) is 38.4 Å². The van der Waals surface area contributed by atoms with Gasteiger partial charge < -0.3 is 0 Å². The number of nitrogens with zero attached hydrogens (tertiary/aromatic N) is 2. The van der Waals surface area contributed by atoms with Gasteiger partial charge >= 0.3 is 0 Å². The van der Waals surface area contributed by atoms with Gasteiger partial charge in [-0.2, -0.15) is 0 Å². The summed E-state index contributed by atoms with van der Waals surface area (Å²) in [7, 11) is 0. The van der Waals surface area contributed by atoms with E-state index in [0.29, 0.717) is 15.9 Å². The number of aromatic nitrogens is 2. The van der Waals surface area contributed by atoms with Crippen molar-refractivity contribution < 1.29 is 0 Å². The molecule has 1 heterocycles. The third kappa shape index (κ3) is 2.71. The Kier molecular flexibility index (Phi) is 3.69. The second-order valence-corrected chi connectivity index (χ2v) is 7.97. The average Bonchev–Trinajstić information content (AvgIpc) is 2.30. The van der Waals surface area contributed by atoms with Gasteiger partial charge in [0, 0.05) is 11.0 Å². The van der Waals surface area contributed by atoms with Crippen molar-refractivity contribution in [3.05, 3.63) is 38.9 Å². The van der Waals surface area contributed by atoms with E-state index in [1.165, 1.54) is 0 Å². The first-order chi connectivity index (χ1) is 9.44. The van der Waals surface area contributed by atoms with Gasteiger partial charge in [0.05, 0.1) is 15.9 Å². The predicted octanol–water partition coefficient (Wildman–Crippen LogP) is 4.41. The first-order valence-corrected chi connectivity index (χ1v) is 7.55. The molecule has 1 aromatic heterocycles. The molecule has 0 fully saturated rings. The number of hydrogen-bond acceptors (Lipinski definition) is 2. The van der Waals surface area contributed by atoms with E-state index in [4.69, 9.17) is 16.6 Å². The zero-order chi connectivity index (χ0) is 16.2. The van der Waals surface area contributed by atoms with Crippen molar-refractivity contribution in [3.8, 4) is 0 Å². The lowest BCUT2D eigenvalue weighted by molar-refractivity contribution is 0.338. The fourth-order valence-corrected chi connectivity index (χ4v) is 2.70. The highest BCUT2D eigenvalue weighted by molar-refractivity contribution is 6.36. The standard InChI is InChI=1S/C17H23ClN2O/c1-10-8-9-11-12(13(10)18)14(21)20(17(5,6)7)15(19-11)16(2,3)4/h8-9H,1-7H3. The van der Waals surface area contributed by atoms with Gasteiger partial charge in [0.25, 0.3) is 5.56 Å². The summed E-state index contributed by atoms with van der Waals surface area (Å²) >= 11 is 6.37. The summed E-state index contributed by atoms with van der Waals surface area (Å²) < 4.78 is 1.78. The smallest absolute Gasteiger partial charge is 0.263 e. The summed E-state index contributed by atoms with van der Waals surface area (Å²) in [5.74, 6) is 0.785. The first-order valence-electron chi connectivity index (χ1n) is 7.17. The van der Waals surface area contributed by atoms with E-state index in [-0.39, 0.29) is 16.5 Å². The van der Waals surface area contributed by atoms with E-state index in [2.05, 4.69) is 20.8 Å². The van der Waals surface area contributed by atoms with Crippen molar-refractivity contribution in [1.82, 2.24) is 9.55 Å². The molecule has 0 amide bonds. The van der Waals surface area contributed by atoms with Crippen LogP contribution >= 0.6 is 11.6 Å². The van der Waals surface area contributed by atoms with E-state index >= 15 is 0 Å². The van der Waals surface area contributed by atoms with Gasteiger partial charge in [0.2, 0.25) is 0 Å². The summed E-state index contributed by atoms with van der Waals surface area (Å²) in [6, 6.07) is 3.78. The van der Waals surface area contributed by atoms with Gasteiger partial charge in [-0.05, 0) is 39.3 Å². The molecule has 0 atom stereocenters. The average molecular weight is 307 g/mol. The number of hydrogen-bond donors (Lipinski definition) is 0. The Balaban J connectivity index is 3.07. The Morgan fingerprint density at radius 1 is 1.10 bits per heavy atom. The minimum absolute atomic E-state index is 0.0638. The SMILES string of the molecule is Cc1ccc2nc(C(C)(C)C)n(C(C)(C)C)c(=O)c2c1Cl. The fourth-order valence-electron chi connectivity index (χ4n) is 2.46. The molecule has 4 heteroatoms. The van der Waals surface area contributed by atoms with Crippen LogP contribution in [0.3, 0.4) is 0 Å². The second kappa shape index (κ2) is 4.84. The van der Waals surface area contributed by atoms with Gasteiger partial charge in [0.15, 0.2) is 0 Å². The molecule has 0 spiro atoms. The molecular formula is C17H23ClN2O. The van der Waals surface area contributed by atoms with Crippen LogP contribution in [0.2, 0.25) is 5.02 Å². The monoisotopic (exact) mass is 306 g/mol. The lowest BCUT2D eigenvalue weighted by Gasteiger charge is -2.31. The number of rotatable bonds is 0. The third-order valence-electron chi connectivity index (χ3n) is 3.51. The summed E-state index contributed by atoms with van der Waals surface area (Å²) in [4.78, 5) is 17.8. The van der Waals surface area contributed by atoms with Crippen LogP contribution in [0.5, 0.6) is 0 Å². The molecule has 0 bridgehead atoms.